The van der Waals surface area contributed by atoms with Crippen LogP contribution in [0.3, 0.4) is 0 Å². The van der Waals surface area contributed by atoms with Crippen LogP contribution >= 0.6 is 34.8 Å². The van der Waals surface area contributed by atoms with Gasteiger partial charge >= 0.3 is 5.97 Å². The Bertz CT molecular complexity index is 909. The second-order valence-electron chi connectivity index (χ2n) is 4.62. The van der Waals surface area contributed by atoms with Gasteiger partial charge in [0.2, 0.25) is 0 Å². The highest BCUT2D eigenvalue weighted by molar-refractivity contribution is 6.37. The van der Waals surface area contributed by atoms with Crippen molar-refractivity contribution in [1.29, 1.82) is 0 Å². The molecule has 0 fully saturated rings. The lowest BCUT2D eigenvalue weighted by molar-refractivity contribution is 0.0699. The van der Waals surface area contributed by atoms with E-state index in [4.69, 9.17) is 34.8 Å². The summed E-state index contributed by atoms with van der Waals surface area (Å²) in [5, 5.41) is 11.2. The number of pyridine rings is 1. The van der Waals surface area contributed by atoms with E-state index in [2.05, 4.69) is 4.98 Å². The number of hydrogen-bond acceptors (Lipinski definition) is 2. The quantitative estimate of drug-likeness (QED) is 0.657. The molecule has 1 heterocycles. The van der Waals surface area contributed by atoms with Gasteiger partial charge in [0.25, 0.3) is 0 Å². The number of aromatic carboxylic acids is 1. The van der Waals surface area contributed by atoms with Crippen LogP contribution in [-0.2, 0) is 0 Å². The largest absolute Gasteiger partial charge is 0.478 e. The van der Waals surface area contributed by atoms with Gasteiger partial charge in [-0.3, -0.25) is 0 Å². The molecule has 0 atom stereocenters. The molecule has 3 nitrogen and oxygen atoms in total. The predicted molar refractivity (Wildman–Crippen MR) is 89.2 cm³/mol. The van der Waals surface area contributed by atoms with Crippen LogP contribution in [0.15, 0.2) is 42.5 Å². The summed E-state index contributed by atoms with van der Waals surface area (Å²) in [5.41, 5.74) is 1.56. The van der Waals surface area contributed by atoms with E-state index in [0.29, 0.717) is 37.2 Å². The Hall–Kier alpha value is -1.81. The molecule has 0 bridgehead atoms. The van der Waals surface area contributed by atoms with E-state index in [1.54, 1.807) is 36.4 Å². The van der Waals surface area contributed by atoms with E-state index in [1.807, 2.05) is 0 Å². The molecule has 0 saturated carbocycles. The maximum absolute atomic E-state index is 11.5. The van der Waals surface area contributed by atoms with Crippen molar-refractivity contribution in [3.05, 3.63) is 63.1 Å². The van der Waals surface area contributed by atoms with Crippen molar-refractivity contribution in [2.45, 2.75) is 0 Å². The van der Waals surface area contributed by atoms with Crippen molar-refractivity contribution in [3.8, 4) is 11.3 Å². The van der Waals surface area contributed by atoms with Gasteiger partial charge in [-0.15, -0.1) is 0 Å². The first-order valence-electron chi connectivity index (χ1n) is 6.25. The van der Waals surface area contributed by atoms with Crippen molar-refractivity contribution in [2.75, 3.05) is 0 Å². The van der Waals surface area contributed by atoms with Gasteiger partial charge < -0.3 is 5.11 Å². The van der Waals surface area contributed by atoms with E-state index in [-0.39, 0.29) is 5.56 Å². The standard InChI is InChI=1S/C16H8Cl3NO2/c17-8-4-5-10(13(19)6-8)14-7-11(16(21)22)9-2-1-3-12(18)15(9)20-14/h1-7H,(H,21,22). The van der Waals surface area contributed by atoms with Gasteiger partial charge in [0.15, 0.2) is 0 Å². The Morgan fingerprint density at radius 1 is 1.00 bits per heavy atom. The number of carboxylic acids is 1. The minimum atomic E-state index is -1.05. The van der Waals surface area contributed by atoms with Gasteiger partial charge in [0, 0.05) is 16.0 Å². The molecule has 0 unspecified atom stereocenters. The third-order valence-electron chi connectivity index (χ3n) is 3.23. The maximum Gasteiger partial charge on any atom is 0.336 e. The summed E-state index contributed by atoms with van der Waals surface area (Å²) in [5.74, 6) is -1.05. The lowest BCUT2D eigenvalue weighted by Gasteiger charge is -2.09. The number of halogens is 3. The molecule has 3 aromatic rings. The molecule has 0 aliphatic rings. The highest BCUT2D eigenvalue weighted by atomic mass is 35.5. The molecule has 0 spiro atoms. The minimum absolute atomic E-state index is 0.119. The SMILES string of the molecule is O=C(O)c1cc(-c2ccc(Cl)cc2Cl)nc2c(Cl)cccc12. The fraction of sp³-hybridized carbons (Fsp3) is 0. The molecule has 6 heteroatoms. The molecule has 22 heavy (non-hydrogen) atoms. The summed E-state index contributed by atoms with van der Waals surface area (Å²) in [6.07, 6.45) is 0. The number of carbonyl (C=O) groups is 1. The molecule has 110 valence electrons. The summed E-state index contributed by atoms with van der Waals surface area (Å²) in [4.78, 5) is 16.0. The van der Waals surface area contributed by atoms with E-state index < -0.39 is 5.97 Å². The number of hydrogen-bond donors (Lipinski definition) is 1. The molecule has 0 aliphatic carbocycles. The zero-order chi connectivity index (χ0) is 15.9. The van der Waals surface area contributed by atoms with Crippen molar-refractivity contribution < 1.29 is 9.90 Å². The highest BCUT2D eigenvalue weighted by Gasteiger charge is 2.16. The Labute approximate surface area is 141 Å². The van der Waals surface area contributed by atoms with Gasteiger partial charge in [-0.1, -0.05) is 46.9 Å². The monoisotopic (exact) mass is 351 g/mol. The van der Waals surface area contributed by atoms with Crippen LogP contribution in [-0.4, -0.2) is 16.1 Å². The summed E-state index contributed by atoms with van der Waals surface area (Å²) in [6, 6.07) is 11.4. The van der Waals surface area contributed by atoms with Crippen LogP contribution in [0.4, 0.5) is 0 Å². The number of fused-ring (bicyclic) bond motifs is 1. The number of nitrogens with zero attached hydrogens (tertiary/aromatic N) is 1. The molecule has 1 aromatic heterocycles. The zero-order valence-corrected chi connectivity index (χ0v) is 13.2. The summed E-state index contributed by atoms with van der Waals surface area (Å²) < 4.78 is 0. The molecule has 3 rings (SSSR count). The number of carboxylic acid groups (broad SMARTS) is 1. The molecule has 1 N–H and O–H groups in total. The van der Waals surface area contributed by atoms with E-state index in [9.17, 15) is 9.90 Å². The summed E-state index contributed by atoms with van der Waals surface area (Å²) in [7, 11) is 0. The second kappa shape index (κ2) is 5.76. The van der Waals surface area contributed by atoms with E-state index in [0.717, 1.165) is 0 Å². The van der Waals surface area contributed by atoms with Crippen molar-refractivity contribution >= 4 is 51.7 Å². The van der Waals surface area contributed by atoms with Gasteiger partial charge in [0.05, 0.1) is 26.8 Å². The molecule has 0 amide bonds. The predicted octanol–water partition coefficient (Wildman–Crippen LogP) is 5.56. The Balaban J connectivity index is 2.36. The Morgan fingerprint density at radius 3 is 2.45 bits per heavy atom. The van der Waals surface area contributed by atoms with Gasteiger partial charge in [-0.2, -0.15) is 0 Å². The van der Waals surface area contributed by atoms with Crippen LogP contribution in [0.1, 0.15) is 10.4 Å². The van der Waals surface area contributed by atoms with Gasteiger partial charge in [0.1, 0.15) is 0 Å². The number of benzene rings is 2. The topological polar surface area (TPSA) is 50.2 Å². The van der Waals surface area contributed by atoms with Crippen LogP contribution in [0.5, 0.6) is 0 Å². The first-order valence-corrected chi connectivity index (χ1v) is 7.39. The van der Waals surface area contributed by atoms with Crippen molar-refractivity contribution in [2.24, 2.45) is 0 Å². The zero-order valence-electron chi connectivity index (χ0n) is 11.0. The lowest BCUT2D eigenvalue weighted by Crippen LogP contribution is -2.00. The normalized spacial score (nSPS) is 10.9. The lowest BCUT2D eigenvalue weighted by atomic mass is 10.0. The third-order valence-corrected chi connectivity index (χ3v) is 4.08. The fourth-order valence-electron chi connectivity index (χ4n) is 2.23. The fourth-order valence-corrected chi connectivity index (χ4v) is 2.95. The van der Waals surface area contributed by atoms with Crippen LogP contribution in [0, 0.1) is 0 Å². The highest BCUT2D eigenvalue weighted by Crippen LogP contribution is 2.33. The molecule has 2 aromatic carbocycles. The first kappa shape index (κ1) is 15.1. The Morgan fingerprint density at radius 2 is 1.77 bits per heavy atom. The summed E-state index contributed by atoms with van der Waals surface area (Å²) in [6.45, 7) is 0. The first-order chi connectivity index (χ1) is 10.5. The molecule has 0 saturated heterocycles. The van der Waals surface area contributed by atoms with Crippen molar-refractivity contribution in [1.82, 2.24) is 4.98 Å². The van der Waals surface area contributed by atoms with E-state index in [1.165, 1.54) is 6.07 Å². The van der Waals surface area contributed by atoms with Crippen LogP contribution in [0.25, 0.3) is 22.2 Å². The molecular weight excluding hydrogens is 345 g/mol. The average Bonchev–Trinajstić information content (AvgIpc) is 2.47. The molecule has 0 aliphatic heterocycles. The smallest absolute Gasteiger partial charge is 0.336 e. The maximum atomic E-state index is 11.5. The molecular formula is C16H8Cl3NO2. The third kappa shape index (κ3) is 2.63. The Kier molecular flexibility index (Phi) is 3.96. The average molecular weight is 353 g/mol. The van der Waals surface area contributed by atoms with Crippen molar-refractivity contribution in [3.63, 3.8) is 0 Å². The van der Waals surface area contributed by atoms with Crippen LogP contribution < -0.4 is 0 Å². The summed E-state index contributed by atoms with van der Waals surface area (Å²) >= 11 is 18.2. The number of rotatable bonds is 2. The van der Waals surface area contributed by atoms with Crippen LogP contribution in [0.2, 0.25) is 15.1 Å². The van der Waals surface area contributed by atoms with E-state index >= 15 is 0 Å². The molecule has 0 radical (unpaired) electrons. The number of aromatic nitrogens is 1. The van der Waals surface area contributed by atoms with Gasteiger partial charge in [-0.05, 0) is 30.3 Å². The number of para-hydroxylation sites is 1. The van der Waals surface area contributed by atoms with Gasteiger partial charge in [-0.25, -0.2) is 9.78 Å². The second-order valence-corrected chi connectivity index (χ2v) is 5.87. The minimum Gasteiger partial charge on any atom is -0.478 e.